The van der Waals surface area contributed by atoms with E-state index in [-0.39, 0.29) is 5.69 Å². The largest absolute Gasteiger partial charge is 0.298 e. The lowest BCUT2D eigenvalue weighted by atomic mass is 10.2. The Bertz CT molecular complexity index is 1160. The number of benzene rings is 3. The zero-order chi connectivity index (χ0) is 20.9. The molecule has 0 unspecified atom stereocenters. The van der Waals surface area contributed by atoms with Crippen LogP contribution in [-0.2, 0) is 12.3 Å². The molecule has 150 valence electrons. The summed E-state index contributed by atoms with van der Waals surface area (Å²) in [6.07, 6.45) is 0. The summed E-state index contributed by atoms with van der Waals surface area (Å²) in [5.74, 6) is 1.37. The Hall–Kier alpha value is -3.16. The Labute approximate surface area is 182 Å². The fourth-order valence-corrected chi connectivity index (χ4v) is 4.12. The zero-order valence-corrected chi connectivity index (χ0v) is 17.4. The highest BCUT2D eigenvalue weighted by Gasteiger charge is 2.16. The molecule has 0 spiro atoms. The highest BCUT2D eigenvalue weighted by molar-refractivity contribution is 7.98. The maximum absolute atomic E-state index is 11.0. The average molecular weight is 437 g/mol. The molecule has 0 radical (unpaired) electrons. The summed E-state index contributed by atoms with van der Waals surface area (Å²) in [5, 5.41) is 21.2. The van der Waals surface area contributed by atoms with E-state index in [0.29, 0.717) is 23.1 Å². The van der Waals surface area contributed by atoms with Crippen LogP contribution in [0.4, 0.5) is 5.69 Å². The number of nitro groups is 1. The molecule has 6 nitrogen and oxygen atoms in total. The van der Waals surface area contributed by atoms with E-state index >= 15 is 0 Å². The summed E-state index contributed by atoms with van der Waals surface area (Å²) in [6.45, 7) is 0.595. The Morgan fingerprint density at radius 3 is 2.37 bits per heavy atom. The quantitative estimate of drug-likeness (QED) is 0.206. The van der Waals surface area contributed by atoms with Crippen LogP contribution in [0.1, 0.15) is 11.1 Å². The second-order valence-corrected chi connectivity index (χ2v) is 7.98. The maximum Gasteiger partial charge on any atom is 0.269 e. The number of hydrogen-bond acceptors (Lipinski definition) is 5. The fourth-order valence-electron chi connectivity index (χ4n) is 3.02. The summed E-state index contributed by atoms with van der Waals surface area (Å²) in [5.41, 5.74) is 3.03. The van der Waals surface area contributed by atoms with Gasteiger partial charge in [-0.05, 0) is 35.4 Å². The lowest BCUT2D eigenvalue weighted by Gasteiger charge is -2.11. The van der Waals surface area contributed by atoms with Crippen molar-refractivity contribution in [2.45, 2.75) is 17.5 Å². The van der Waals surface area contributed by atoms with E-state index < -0.39 is 4.92 Å². The average Bonchev–Trinajstić information content (AvgIpc) is 3.15. The van der Waals surface area contributed by atoms with Gasteiger partial charge in [0.1, 0.15) is 0 Å². The third kappa shape index (κ3) is 4.69. The lowest BCUT2D eigenvalue weighted by molar-refractivity contribution is -0.384. The SMILES string of the molecule is O=[N+]([O-])c1ccc(-c2nnc(SCc3cccc(Cl)c3)n2Cc2ccccc2)cc1. The van der Waals surface area contributed by atoms with Crippen molar-refractivity contribution < 1.29 is 4.92 Å². The molecule has 0 N–H and O–H groups in total. The predicted molar refractivity (Wildman–Crippen MR) is 119 cm³/mol. The molecule has 0 bridgehead atoms. The summed E-state index contributed by atoms with van der Waals surface area (Å²) in [4.78, 5) is 10.6. The fraction of sp³-hybridized carbons (Fsp3) is 0.0909. The molecule has 0 saturated carbocycles. The van der Waals surface area contributed by atoms with Gasteiger partial charge in [-0.2, -0.15) is 0 Å². The number of aromatic nitrogens is 3. The van der Waals surface area contributed by atoms with E-state index in [2.05, 4.69) is 10.2 Å². The molecule has 8 heteroatoms. The monoisotopic (exact) mass is 436 g/mol. The van der Waals surface area contributed by atoms with Crippen molar-refractivity contribution in [2.24, 2.45) is 0 Å². The molecular formula is C22H17ClN4O2S. The second-order valence-electron chi connectivity index (χ2n) is 6.60. The summed E-state index contributed by atoms with van der Waals surface area (Å²) >= 11 is 7.67. The van der Waals surface area contributed by atoms with Gasteiger partial charge >= 0.3 is 0 Å². The normalized spacial score (nSPS) is 10.8. The van der Waals surface area contributed by atoms with Crippen LogP contribution in [0.15, 0.2) is 84.0 Å². The Morgan fingerprint density at radius 1 is 0.933 bits per heavy atom. The van der Waals surface area contributed by atoms with Crippen LogP contribution in [0.5, 0.6) is 0 Å². The van der Waals surface area contributed by atoms with Gasteiger partial charge in [-0.1, -0.05) is 65.8 Å². The van der Waals surface area contributed by atoms with Gasteiger partial charge in [0.25, 0.3) is 5.69 Å². The number of halogens is 1. The smallest absolute Gasteiger partial charge is 0.269 e. The first-order chi connectivity index (χ1) is 14.6. The van der Waals surface area contributed by atoms with E-state index in [1.54, 1.807) is 23.9 Å². The number of rotatable bonds is 7. The van der Waals surface area contributed by atoms with Gasteiger partial charge in [0.2, 0.25) is 0 Å². The van der Waals surface area contributed by atoms with Gasteiger partial charge in [0.15, 0.2) is 11.0 Å². The van der Waals surface area contributed by atoms with Crippen LogP contribution in [0.25, 0.3) is 11.4 Å². The molecule has 0 saturated heterocycles. The Morgan fingerprint density at radius 2 is 1.67 bits per heavy atom. The third-order valence-corrected chi connectivity index (χ3v) is 5.77. The molecule has 4 rings (SSSR count). The van der Waals surface area contributed by atoms with Crippen LogP contribution in [0.2, 0.25) is 5.02 Å². The minimum Gasteiger partial charge on any atom is -0.298 e. The Kier molecular flexibility index (Phi) is 6.11. The molecule has 30 heavy (non-hydrogen) atoms. The van der Waals surface area contributed by atoms with Gasteiger partial charge in [-0.3, -0.25) is 14.7 Å². The molecule has 1 aromatic heterocycles. The molecule has 0 aliphatic heterocycles. The zero-order valence-electron chi connectivity index (χ0n) is 15.8. The first-order valence-corrected chi connectivity index (χ1v) is 10.6. The predicted octanol–water partition coefficient (Wildman–Crippen LogP) is 5.85. The van der Waals surface area contributed by atoms with Crippen LogP contribution in [0, 0.1) is 10.1 Å². The number of non-ortho nitro benzene ring substituents is 1. The van der Waals surface area contributed by atoms with E-state index in [1.807, 2.05) is 59.2 Å². The highest BCUT2D eigenvalue weighted by atomic mass is 35.5. The number of nitro benzene ring substituents is 1. The topological polar surface area (TPSA) is 73.8 Å². The first kappa shape index (κ1) is 20.1. The van der Waals surface area contributed by atoms with Crippen molar-refractivity contribution in [2.75, 3.05) is 0 Å². The van der Waals surface area contributed by atoms with E-state index in [9.17, 15) is 10.1 Å². The van der Waals surface area contributed by atoms with E-state index in [4.69, 9.17) is 11.6 Å². The van der Waals surface area contributed by atoms with Crippen LogP contribution in [0.3, 0.4) is 0 Å². The Balaban J connectivity index is 1.66. The van der Waals surface area contributed by atoms with E-state index in [1.165, 1.54) is 12.1 Å². The van der Waals surface area contributed by atoms with Crippen LogP contribution < -0.4 is 0 Å². The molecule has 1 heterocycles. The molecule has 0 atom stereocenters. The molecule has 3 aromatic carbocycles. The summed E-state index contributed by atoms with van der Waals surface area (Å²) in [6, 6.07) is 24.1. The third-order valence-electron chi connectivity index (χ3n) is 4.49. The minimum absolute atomic E-state index is 0.0448. The van der Waals surface area contributed by atoms with Crippen molar-refractivity contribution >= 4 is 29.1 Å². The molecule has 4 aromatic rings. The number of thioether (sulfide) groups is 1. The minimum atomic E-state index is -0.412. The highest BCUT2D eigenvalue weighted by Crippen LogP contribution is 2.29. The van der Waals surface area contributed by atoms with Gasteiger partial charge in [-0.15, -0.1) is 10.2 Å². The van der Waals surface area contributed by atoms with Crippen molar-refractivity contribution in [3.63, 3.8) is 0 Å². The van der Waals surface area contributed by atoms with Crippen molar-refractivity contribution in [3.05, 3.63) is 105 Å². The van der Waals surface area contributed by atoms with Crippen molar-refractivity contribution in [1.82, 2.24) is 14.8 Å². The first-order valence-electron chi connectivity index (χ1n) is 9.19. The number of nitrogens with zero attached hydrogens (tertiary/aromatic N) is 4. The summed E-state index contributed by atoms with van der Waals surface area (Å²) in [7, 11) is 0. The van der Waals surface area contributed by atoms with Gasteiger partial charge < -0.3 is 0 Å². The van der Waals surface area contributed by atoms with Crippen molar-refractivity contribution in [1.29, 1.82) is 0 Å². The molecule has 0 amide bonds. The molecule has 0 fully saturated rings. The maximum atomic E-state index is 11.0. The molecule has 0 aliphatic rings. The van der Waals surface area contributed by atoms with Crippen LogP contribution in [-0.4, -0.2) is 19.7 Å². The summed E-state index contributed by atoms with van der Waals surface area (Å²) < 4.78 is 2.03. The van der Waals surface area contributed by atoms with Crippen molar-refractivity contribution in [3.8, 4) is 11.4 Å². The van der Waals surface area contributed by atoms with Gasteiger partial charge in [0.05, 0.1) is 11.5 Å². The van der Waals surface area contributed by atoms with Gasteiger partial charge in [-0.25, -0.2) is 0 Å². The molecular weight excluding hydrogens is 420 g/mol. The lowest BCUT2D eigenvalue weighted by Crippen LogP contribution is -2.04. The van der Waals surface area contributed by atoms with E-state index in [0.717, 1.165) is 21.8 Å². The molecule has 0 aliphatic carbocycles. The standard InChI is InChI=1S/C22H17ClN4O2S/c23-19-8-4-7-17(13-19)15-30-22-25-24-21(18-9-11-20(12-10-18)27(28)29)26(22)14-16-5-2-1-3-6-16/h1-13H,14-15H2. The second kappa shape index (κ2) is 9.11. The number of hydrogen-bond donors (Lipinski definition) is 0. The van der Waals surface area contributed by atoms with Gasteiger partial charge in [0, 0.05) is 28.5 Å². The van der Waals surface area contributed by atoms with Crippen LogP contribution >= 0.6 is 23.4 Å².